The molecule has 1 aliphatic heterocycles. The number of benzene rings is 1. The zero-order chi connectivity index (χ0) is 14.8. The Morgan fingerprint density at radius 1 is 1.35 bits per heavy atom. The van der Waals surface area contributed by atoms with E-state index >= 15 is 0 Å². The van der Waals surface area contributed by atoms with E-state index in [1.165, 1.54) is 23.4 Å². The predicted octanol–water partition coefficient (Wildman–Crippen LogP) is 2.19. The maximum Gasteiger partial charge on any atom is 0.243 e. The molecular formula is C13H17BrN2O3S. The van der Waals surface area contributed by atoms with Gasteiger partial charge in [0.1, 0.15) is 0 Å². The number of halogens is 1. The van der Waals surface area contributed by atoms with E-state index in [-0.39, 0.29) is 15.6 Å². The van der Waals surface area contributed by atoms with Crippen molar-refractivity contribution in [3.63, 3.8) is 0 Å². The molecule has 0 radical (unpaired) electrons. The van der Waals surface area contributed by atoms with E-state index in [1.54, 1.807) is 12.1 Å². The largest absolute Gasteiger partial charge is 0.326 e. The average molecular weight is 361 g/mol. The van der Waals surface area contributed by atoms with Crippen LogP contribution in [0.1, 0.15) is 19.8 Å². The van der Waals surface area contributed by atoms with Gasteiger partial charge >= 0.3 is 0 Å². The first-order valence-corrected chi connectivity index (χ1v) is 8.77. The average Bonchev–Trinajstić information content (AvgIpc) is 2.38. The molecule has 1 atom stereocenters. The summed E-state index contributed by atoms with van der Waals surface area (Å²) in [6, 6.07) is 6.25. The van der Waals surface area contributed by atoms with Gasteiger partial charge in [-0.1, -0.05) is 15.9 Å². The summed E-state index contributed by atoms with van der Waals surface area (Å²) in [5.41, 5.74) is 0.591. The second-order valence-corrected chi connectivity index (χ2v) is 8.04. The van der Waals surface area contributed by atoms with Crippen LogP contribution in [0.25, 0.3) is 0 Å². The number of nitrogens with one attached hydrogen (secondary N) is 1. The minimum absolute atomic E-state index is 0.182. The molecule has 1 N–H and O–H groups in total. The lowest BCUT2D eigenvalue weighted by Gasteiger charge is -2.29. The molecule has 0 spiro atoms. The molecular weight excluding hydrogens is 344 g/mol. The second kappa shape index (κ2) is 6.24. The predicted molar refractivity (Wildman–Crippen MR) is 81.5 cm³/mol. The van der Waals surface area contributed by atoms with E-state index in [0.717, 1.165) is 12.8 Å². The first-order chi connectivity index (χ1) is 9.39. The van der Waals surface area contributed by atoms with Crippen molar-refractivity contribution in [1.82, 2.24) is 4.31 Å². The van der Waals surface area contributed by atoms with Crippen LogP contribution in [-0.2, 0) is 14.8 Å². The van der Waals surface area contributed by atoms with Crippen molar-refractivity contribution in [3.8, 4) is 0 Å². The van der Waals surface area contributed by atoms with Gasteiger partial charge in [-0.3, -0.25) is 4.79 Å². The first kappa shape index (κ1) is 15.5. The smallest absolute Gasteiger partial charge is 0.243 e. The number of carbonyl (C=O) groups excluding carboxylic acids is 1. The van der Waals surface area contributed by atoms with Gasteiger partial charge in [-0.2, -0.15) is 4.31 Å². The summed E-state index contributed by atoms with van der Waals surface area (Å²) in [7, 11) is -3.45. The summed E-state index contributed by atoms with van der Waals surface area (Å²) in [5, 5.41) is 2.62. The summed E-state index contributed by atoms with van der Waals surface area (Å²) < 4.78 is 26.5. The van der Waals surface area contributed by atoms with Crippen LogP contribution < -0.4 is 5.32 Å². The van der Waals surface area contributed by atoms with Crippen LogP contribution in [0.5, 0.6) is 0 Å². The van der Waals surface area contributed by atoms with Gasteiger partial charge in [0.05, 0.1) is 4.90 Å². The maximum absolute atomic E-state index is 12.5. The number of anilines is 1. The van der Waals surface area contributed by atoms with Gasteiger partial charge in [-0.25, -0.2) is 8.42 Å². The van der Waals surface area contributed by atoms with Crippen LogP contribution in [0.15, 0.2) is 29.2 Å². The summed E-state index contributed by atoms with van der Waals surface area (Å²) in [6.45, 7) is 2.46. The van der Waals surface area contributed by atoms with Crippen molar-refractivity contribution >= 4 is 37.5 Å². The molecule has 2 rings (SSSR count). The normalized spacial score (nSPS) is 20.6. The minimum Gasteiger partial charge on any atom is -0.326 e. The maximum atomic E-state index is 12.5. The van der Waals surface area contributed by atoms with Gasteiger partial charge in [-0.15, -0.1) is 0 Å². The van der Waals surface area contributed by atoms with Crippen molar-refractivity contribution in [1.29, 1.82) is 0 Å². The number of alkyl halides is 1. The van der Waals surface area contributed by atoms with Crippen LogP contribution in [0.3, 0.4) is 0 Å². The Hall–Kier alpha value is -0.920. The van der Waals surface area contributed by atoms with Crippen LogP contribution in [0.4, 0.5) is 5.69 Å². The third kappa shape index (κ3) is 3.59. The summed E-state index contributed by atoms with van der Waals surface area (Å²) in [5.74, 6) is -0.182. The van der Waals surface area contributed by atoms with Gasteiger partial charge in [0, 0.05) is 30.5 Å². The summed E-state index contributed by atoms with van der Waals surface area (Å²) in [6.07, 6.45) is 1.85. The third-order valence-corrected chi connectivity index (χ3v) is 5.77. The van der Waals surface area contributed by atoms with Crippen LogP contribution in [-0.4, -0.2) is 36.5 Å². The molecule has 1 unspecified atom stereocenters. The van der Waals surface area contributed by atoms with Gasteiger partial charge in [0.15, 0.2) is 0 Å². The minimum atomic E-state index is -3.45. The molecule has 20 heavy (non-hydrogen) atoms. The van der Waals surface area contributed by atoms with Gasteiger partial charge in [0.2, 0.25) is 15.9 Å². The molecule has 1 amide bonds. The molecule has 1 aromatic carbocycles. The van der Waals surface area contributed by atoms with Crippen molar-refractivity contribution < 1.29 is 13.2 Å². The number of hydrogen-bond acceptors (Lipinski definition) is 3. The number of hydrogen-bond donors (Lipinski definition) is 1. The lowest BCUT2D eigenvalue weighted by atomic mass is 10.2. The second-order valence-electron chi connectivity index (χ2n) is 4.81. The molecule has 1 heterocycles. The Bertz CT molecular complexity index is 586. The molecule has 1 fully saturated rings. The first-order valence-electron chi connectivity index (χ1n) is 6.41. The lowest BCUT2D eigenvalue weighted by molar-refractivity contribution is -0.114. The quantitative estimate of drug-likeness (QED) is 0.840. The molecule has 0 aliphatic carbocycles. The Balaban J connectivity index is 2.19. The SMILES string of the molecule is CC(=O)Nc1ccc(S(=O)(=O)N2CCCC(Br)C2)cc1. The van der Waals surface area contributed by atoms with Gasteiger partial charge in [0.25, 0.3) is 0 Å². The number of piperidine rings is 1. The van der Waals surface area contributed by atoms with Crippen molar-refractivity contribution in [2.24, 2.45) is 0 Å². The van der Waals surface area contributed by atoms with Crippen LogP contribution in [0.2, 0.25) is 0 Å². The molecule has 110 valence electrons. The molecule has 7 heteroatoms. The van der Waals surface area contributed by atoms with E-state index in [9.17, 15) is 13.2 Å². The van der Waals surface area contributed by atoms with Crippen LogP contribution >= 0.6 is 15.9 Å². The molecule has 5 nitrogen and oxygen atoms in total. The highest BCUT2D eigenvalue weighted by atomic mass is 79.9. The highest BCUT2D eigenvalue weighted by Crippen LogP contribution is 2.24. The van der Waals surface area contributed by atoms with E-state index < -0.39 is 10.0 Å². The molecule has 0 bridgehead atoms. The van der Waals surface area contributed by atoms with Gasteiger partial charge in [-0.05, 0) is 37.1 Å². The van der Waals surface area contributed by atoms with E-state index in [4.69, 9.17) is 0 Å². The Labute approximate surface area is 127 Å². The number of nitrogens with zero attached hydrogens (tertiary/aromatic N) is 1. The highest BCUT2D eigenvalue weighted by molar-refractivity contribution is 9.09. The Morgan fingerprint density at radius 2 is 2.00 bits per heavy atom. The number of carbonyl (C=O) groups is 1. The zero-order valence-electron chi connectivity index (χ0n) is 11.2. The van der Waals surface area contributed by atoms with E-state index in [2.05, 4.69) is 21.2 Å². The summed E-state index contributed by atoms with van der Waals surface area (Å²) >= 11 is 3.48. The highest BCUT2D eigenvalue weighted by Gasteiger charge is 2.29. The topological polar surface area (TPSA) is 66.5 Å². The molecule has 1 aromatic rings. The molecule has 1 aliphatic rings. The third-order valence-electron chi connectivity index (χ3n) is 3.14. The van der Waals surface area contributed by atoms with Crippen molar-refractivity contribution in [3.05, 3.63) is 24.3 Å². The molecule has 0 saturated carbocycles. The number of amides is 1. The number of sulfonamides is 1. The summed E-state index contributed by atoms with van der Waals surface area (Å²) in [4.78, 5) is 11.4. The van der Waals surface area contributed by atoms with E-state index in [1.807, 2.05) is 0 Å². The fourth-order valence-corrected chi connectivity index (χ4v) is 4.56. The fraction of sp³-hybridized carbons (Fsp3) is 0.462. The van der Waals surface area contributed by atoms with Crippen molar-refractivity contribution in [2.75, 3.05) is 18.4 Å². The number of rotatable bonds is 3. The monoisotopic (exact) mass is 360 g/mol. The Morgan fingerprint density at radius 3 is 2.55 bits per heavy atom. The zero-order valence-corrected chi connectivity index (χ0v) is 13.6. The van der Waals surface area contributed by atoms with Gasteiger partial charge < -0.3 is 5.32 Å². The molecule has 0 aromatic heterocycles. The fourth-order valence-electron chi connectivity index (χ4n) is 2.17. The lowest BCUT2D eigenvalue weighted by Crippen LogP contribution is -2.40. The standard InChI is InChI=1S/C13H17BrN2O3S/c1-10(17)15-12-4-6-13(7-5-12)20(18,19)16-8-2-3-11(14)9-16/h4-7,11H,2-3,8-9H2,1H3,(H,15,17). The van der Waals surface area contributed by atoms with Crippen molar-refractivity contribution in [2.45, 2.75) is 29.5 Å². The Kier molecular flexibility index (Phi) is 4.82. The van der Waals surface area contributed by atoms with Crippen LogP contribution in [0, 0.1) is 0 Å². The van der Waals surface area contributed by atoms with E-state index in [0.29, 0.717) is 18.8 Å². The molecule has 1 saturated heterocycles.